The zero-order valence-electron chi connectivity index (χ0n) is 22.5. The third kappa shape index (κ3) is 4.82. The Morgan fingerprint density at radius 2 is 1.89 bits per heavy atom. The van der Waals surface area contributed by atoms with E-state index >= 15 is 0 Å². The molecule has 3 heterocycles. The number of aromatic nitrogens is 1. The molecule has 5 rings (SSSR count). The van der Waals surface area contributed by atoms with E-state index in [4.69, 9.17) is 18.9 Å². The first-order valence-corrected chi connectivity index (χ1v) is 16.7. The largest absolute Gasteiger partial charge is 0.410 e. The Labute approximate surface area is 212 Å². The maximum Gasteiger partial charge on any atom is 0.192 e. The van der Waals surface area contributed by atoms with Gasteiger partial charge in [0.1, 0.15) is 0 Å². The Bertz CT molecular complexity index is 970. The van der Waals surface area contributed by atoms with Crippen molar-refractivity contribution in [2.24, 2.45) is 5.41 Å². The summed E-state index contributed by atoms with van der Waals surface area (Å²) in [6, 6.07) is 0. The van der Waals surface area contributed by atoms with Crippen LogP contribution in [0.15, 0.2) is 6.08 Å². The van der Waals surface area contributed by atoms with Gasteiger partial charge in [-0.05, 0) is 79.6 Å². The zero-order valence-corrected chi connectivity index (χ0v) is 23.5. The van der Waals surface area contributed by atoms with E-state index in [1.165, 1.54) is 41.7 Å². The monoisotopic (exact) mass is 499 g/mol. The number of hydrogen-bond donors (Lipinski definition) is 1. The normalized spacial score (nSPS) is 25.2. The van der Waals surface area contributed by atoms with Gasteiger partial charge in [-0.15, -0.1) is 0 Å². The smallest absolute Gasteiger partial charge is 0.192 e. The van der Waals surface area contributed by atoms with Crippen LogP contribution in [0.5, 0.6) is 0 Å². The molecule has 6 heteroatoms. The summed E-state index contributed by atoms with van der Waals surface area (Å²) in [5, 5.41) is 11.0. The van der Waals surface area contributed by atoms with Crippen LogP contribution in [0.2, 0.25) is 18.1 Å². The minimum Gasteiger partial charge on any atom is -0.410 e. The molecule has 1 spiro atoms. The second-order valence-electron chi connectivity index (χ2n) is 12.9. The highest BCUT2D eigenvalue weighted by Crippen LogP contribution is 2.57. The molecular formula is C29H45NO4Si. The van der Waals surface area contributed by atoms with E-state index in [0.29, 0.717) is 17.9 Å². The molecule has 2 fully saturated rings. The van der Waals surface area contributed by atoms with Gasteiger partial charge >= 0.3 is 0 Å². The van der Waals surface area contributed by atoms with E-state index in [2.05, 4.69) is 39.9 Å². The van der Waals surface area contributed by atoms with Gasteiger partial charge in [0.05, 0.1) is 31.6 Å². The van der Waals surface area contributed by atoms with Crippen LogP contribution in [0.1, 0.15) is 106 Å². The Morgan fingerprint density at radius 3 is 2.46 bits per heavy atom. The average molecular weight is 500 g/mol. The summed E-state index contributed by atoms with van der Waals surface area (Å²) in [5.41, 5.74) is 7.61. The average Bonchev–Trinajstić information content (AvgIpc) is 2.82. The molecule has 0 aromatic carbocycles. The number of rotatable bonds is 5. The van der Waals surface area contributed by atoms with Crippen LogP contribution in [0, 0.1) is 5.41 Å². The Hall–Kier alpha value is -1.05. The van der Waals surface area contributed by atoms with Crippen molar-refractivity contribution >= 4 is 13.9 Å². The molecule has 1 atom stereocenters. The van der Waals surface area contributed by atoms with Crippen molar-refractivity contribution in [1.29, 1.82) is 0 Å². The fourth-order valence-electron chi connectivity index (χ4n) is 6.39. The number of aliphatic hydroxyl groups excluding tert-OH is 1. The zero-order chi connectivity index (χ0) is 24.8. The Morgan fingerprint density at radius 1 is 1.14 bits per heavy atom. The number of pyridine rings is 1. The summed E-state index contributed by atoms with van der Waals surface area (Å²) < 4.78 is 18.6. The van der Waals surface area contributed by atoms with Crippen molar-refractivity contribution < 1.29 is 19.0 Å². The summed E-state index contributed by atoms with van der Waals surface area (Å²) in [6.07, 6.45) is 11.2. The van der Waals surface area contributed by atoms with E-state index in [1.807, 2.05) is 0 Å². The first kappa shape index (κ1) is 25.6. The predicted octanol–water partition coefficient (Wildman–Crippen LogP) is 6.45. The molecule has 2 aliphatic heterocycles. The molecule has 194 valence electrons. The third-order valence-corrected chi connectivity index (χ3v) is 14.1. The van der Waals surface area contributed by atoms with Gasteiger partial charge in [-0.1, -0.05) is 33.3 Å². The van der Waals surface area contributed by atoms with Gasteiger partial charge in [-0.25, -0.2) is 0 Å². The first-order chi connectivity index (χ1) is 16.6. The number of fused-ring (bicyclic) bond motifs is 1. The molecule has 1 aromatic heterocycles. The maximum atomic E-state index is 10.8. The van der Waals surface area contributed by atoms with Crippen molar-refractivity contribution in [2.45, 2.75) is 109 Å². The fourth-order valence-corrected chi connectivity index (χ4v) is 7.66. The van der Waals surface area contributed by atoms with E-state index < -0.39 is 8.32 Å². The van der Waals surface area contributed by atoms with Gasteiger partial charge in [0.2, 0.25) is 0 Å². The lowest BCUT2D eigenvalue weighted by atomic mass is 9.59. The second kappa shape index (κ2) is 9.68. The van der Waals surface area contributed by atoms with Gasteiger partial charge in [-0.3, -0.25) is 4.98 Å². The van der Waals surface area contributed by atoms with Crippen LogP contribution < -0.4 is 0 Å². The molecular weight excluding hydrogens is 454 g/mol. The van der Waals surface area contributed by atoms with Crippen LogP contribution in [0.3, 0.4) is 0 Å². The van der Waals surface area contributed by atoms with E-state index in [9.17, 15) is 5.11 Å². The SMILES string of the molecule is CC(C)(C)[Si](C)(C)OC1CC2(CCC2)Cc2nc(C3CCOCC3)c(CO)c(C3=CCOCC3)c21. The standard InChI is InChI=1S/C29H45NO4Si/c1-28(2,3)35(4,5)34-24-18-29(11-6-12-29)17-23-26(24)25(20-7-13-32-14-8-20)22(19-31)27(30-23)21-9-15-33-16-10-21/h7,21,24,31H,6,8-19H2,1-5H3. The summed E-state index contributed by atoms with van der Waals surface area (Å²) in [7, 11) is -2.01. The lowest BCUT2D eigenvalue weighted by Gasteiger charge is -2.51. The molecule has 0 radical (unpaired) electrons. The summed E-state index contributed by atoms with van der Waals surface area (Å²) >= 11 is 0. The summed E-state index contributed by atoms with van der Waals surface area (Å²) in [4.78, 5) is 5.44. The lowest BCUT2D eigenvalue weighted by Crippen LogP contribution is -2.46. The molecule has 1 aromatic rings. The van der Waals surface area contributed by atoms with E-state index in [1.54, 1.807) is 0 Å². The van der Waals surface area contributed by atoms with Crippen LogP contribution >= 0.6 is 0 Å². The minimum absolute atomic E-state index is 0.0262. The Balaban J connectivity index is 1.70. The van der Waals surface area contributed by atoms with Crippen molar-refractivity contribution in [3.63, 3.8) is 0 Å². The fraction of sp³-hybridized carbons (Fsp3) is 0.759. The van der Waals surface area contributed by atoms with Crippen molar-refractivity contribution in [2.75, 3.05) is 26.4 Å². The number of ether oxygens (including phenoxy) is 2. The molecule has 0 bridgehead atoms. The van der Waals surface area contributed by atoms with Gasteiger partial charge in [0.25, 0.3) is 0 Å². The van der Waals surface area contributed by atoms with Crippen LogP contribution in [0.4, 0.5) is 0 Å². The van der Waals surface area contributed by atoms with Gasteiger partial charge in [0.15, 0.2) is 8.32 Å². The topological polar surface area (TPSA) is 60.8 Å². The first-order valence-electron chi connectivity index (χ1n) is 13.8. The molecule has 0 amide bonds. The van der Waals surface area contributed by atoms with Crippen LogP contribution in [-0.4, -0.2) is 44.8 Å². The van der Waals surface area contributed by atoms with Gasteiger partial charge < -0.3 is 19.0 Å². The second-order valence-corrected chi connectivity index (χ2v) is 17.7. The molecule has 1 saturated heterocycles. The highest BCUT2D eigenvalue weighted by Gasteiger charge is 2.49. The lowest BCUT2D eigenvalue weighted by molar-refractivity contribution is 0.0294. The maximum absolute atomic E-state index is 10.8. The Kier molecular flexibility index (Phi) is 7.08. The molecule has 4 aliphatic rings. The molecule has 2 aliphatic carbocycles. The van der Waals surface area contributed by atoms with Crippen LogP contribution in [0.25, 0.3) is 5.57 Å². The molecule has 1 saturated carbocycles. The summed E-state index contributed by atoms with van der Waals surface area (Å²) in [5.74, 6) is 0.356. The predicted molar refractivity (Wildman–Crippen MR) is 142 cm³/mol. The molecule has 1 N–H and O–H groups in total. The quantitative estimate of drug-likeness (QED) is 0.472. The number of hydrogen-bond acceptors (Lipinski definition) is 5. The highest BCUT2D eigenvalue weighted by atomic mass is 28.4. The molecule has 1 unspecified atom stereocenters. The summed E-state index contributed by atoms with van der Waals surface area (Å²) in [6.45, 7) is 14.7. The third-order valence-electron chi connectivity index (χ3n) is 9.64. The van der Waals surface area contributed by atoms with Gasteiger partial charge in [0, 0.05) is 36.0 Å². The van der Waals surface area contributed by atoms with Gasteiger partial charge in [-0.2, -0.15) is 0 Å². The minimum atomic E-state index is -2.01. The number of nitrogens with zero attached hydrogens (tertiary/aromatic N) is 1. The highest BCUT2D eigenvalue weighted by molar-refractivity contribution is 6.74. The molecule has 35 heavy (non-hydrogen) atoms. The molecule has 5 nitrogen and oxygen atoms in total. The number of aliphatic hydroxyl groups is 1. The van der Waals surface area contributed by atoms with E-state index in [-0.39, 0.29) is 17.7 Å². The van der Waals surface area contributed by atoms with Crippen LogP contribution in [-0.2, 0) is 26.9 Å². The van der Waals surface area contributed by atoms with Crippen molar-refractivity contribution in [1.82, 2.24) is 4.98 Å². The van der Waals surface area contributed by atoms with Crippen molar-refractivity contribution in [3.8, 4) is 0 Å². The van der Waals surface area contributed by atoms with Crippen molar-refractivity contribution in [3.05, 3.63) is 34.2 Å². The van der Waals surface area contributed by atoms with E-state index in [0.717, 1.165) is 63.2 Å².